The molecule has 8 heteroatoms. The maximum absolute atomic E-state index is 12.6. The summed E-state index contributed by atoms with van der Waals surface area (Å²) in [6.45, 7) is 4.18. The Balaban J connectivity index is 1.65. The molecule has 0 atom stereocenters. The Bertz CT molecular complexity index is 1180. The van der Waals surface area contributed by atoms with Crippen LogP contribution in [0.3, 0.4) is 0 Å². The van der Waals surface area contributed by atoms with Crippen LogP contribution in [0.4, 0.5) is 11.4 Å². The fraction of sp³-hybridized carbons (Fsp3) is 0.167. The number of benzene rings is 2. The van der Waals surface area contributed by atoms with Crippen molar-refractivity contribution in [3.05, 3.63) is 82.7 Å². The second kappa shape index (κ2) is 9.74. The van der Waals surface area contributed by atoms with Gasteiger partial charge in [-0.05, 0) is 50.6 Å². The van der Waals surface area contributed by atoms with Gasteiger partial charge in [0.25, 0.3) is 11.8 Å². The van der Waals surface area contributed by atoms with E-state index in [-0.39, 0.29) is 22.7 Å². The summed E-state index contributed by atoms with van der Waals surface area (Å²) < 4.78 is 5.09. The van der Waals surface area contributed by atoms with Crippen LogP contribution in [0.2, 0.25) is 0 Å². The van der Waals surface area contributed by atoms with Crippen molar-refractivity contribution in [3.8, 4) is 0 Å². The van der Waals surface area contributed by atoms with E-state index in [0.29, 0.717) is 22.5 Å². The maximum atomic E-state index is 12.6. The Morgan fingerprint density at radius 1 is 0.906 bits per heavy atom. The third kappa shape index (κ3) is 5.10. The van der Waals surface area contributed by atoms with Crippen molar-refractivity contribution < 1.29 is 23.9 Å². The van der Waals surface area contributed by atoms with Crippen molar-refractivity contribution in [2.24, 2.45) is 0 Å². The van der Waals surface area contributed by atoms with Crippen LogP contribution in [0.15, 0.2) is 54.6 Å². The van der Waals surface area contributed by atoms with Crippen molar-refractivity contribution in [1.82, 2.24) is 4.98 Å². The molecule has 3 rings (SSSR count). The number of para-hydroxylation sites is 2. The van der Waals surface area contributed by atoms with Gasteiger partial charge in [0.1, 0.15) is 5.69 Å². The number of ether oxygens (including phenoxy) is 1. The van der Waals surface area contributed by atoms with Gasteiger partial charge < -0.3 is 20.4 Å². The highest BCUT2D eigenvalue weighted by atomic mass is 16.5. The van der Waals surface area contributed by atoms with Crippen molar-refractivity contribution in [2.45, 2.75) is 20.8 Å². The zero-order chi connectivity index (χ0) is 23.3. The van der Waals surface area contributed by atoms with Gasteiger partial charge in [0.05, 0.1) is 11.3 Å². The maximum Gasteiger partial charge on any atom is 0.355 e. The number of hydrogen-bond donors (Lipinski definition) is 3. The SMILES string of the molecule is CC(=O)c1c(C)[nH]c(C(=O)OCC(=O)Nc2ccccc2C(=O)Nc2ccccc2)c1C. The zero-order valence-electron chi connectivity index (χ0n) is 17.9. The van der Waals surface area contributed by atoms with Gasteiger partial charge >= 0.3 is 5.97 Å². The van der Waals surface area contributed by atoms with Gasteiger partial charge in [-0.2, -0.15) is 0 Å². The minimum Gasteiger partial charge on any atom is -0.451 e. The largest absolute Gasteiger partial charge is 0.451 e. The highest BCUT2D eigenvalue weighted by Crippen LogP contribution is 2.20. The molecule has 8 nitrogen and oxygen atoms in total. The minimum absolute atomic E-state index is 0.128. The Morgan fingerprint density at radius 3 is 2.22 bits per heavy atom. The number of nitrogens with one attached hydrogen (secondary N) is 3. The number of esters is 1. The fourth-order valence-electron chi connectivity index (χ4n) is 3.38. The van der Waals surface area contributed by atoms with E-state index in [4.69, 9.17) is 4.74 Å². The molecule has 0 aliphatic heterocycles. The molecule has 0 saturated carbocycles. The molecule has 1 aromatic heterocycles. The predicted octanol–water partition coefficient (Wildman–Crippen LogP) is 3.88. The number of aromatic nitrogens is 1. The highest BCUT2D eigenvalue weighted by molar-refractivity contribution is 6.10. The lowest BCUT2D eigenvalue weighted by atomic mass is 10.1. The molecule has 32 heavy (non-hydrogen) atoms. The molecule has 1 heterocycles. The summed E-state index contributed by atoms with van der Waals surface area (Å²) in [7, 11) is 0. The van der Waals surface area contributed by atoms with Crippen LogP contribution in [0, 0.1) is 13.8 Å². The Morgan fingerprint density at radius 2 is 1.56 bits per heavy atom. The number of carbonyl (C=O) groups excluding carboxylic acids is 4. The van der Waals surface area contributed by atoms with Gasteiger partial charge in [0, 0.05) is 16.9 Å². The topological polar surface area (TPSA) is 117 Å². The molecule has 0 fully saturated rings. The van der Waals surface area contributed by atoms with Crippen LogP contribution in [-0.2, 0) is 9.53 Å². The Labute approximate surface area is 185 Å². The van der Waals surface area contributed by atoms with Crippen LogP contribution >= 0.6 is 0 Å². The van der Waals surface area contributed by atoms with Gasteiger partial charge in [-0.25, -0.2) is 4.79 Å². The molecule has 0 unspecified atom stereocenters. The lowest BCUT2D eigenvalue weighted by Crippen LogP contribution is -2.23. The van der Waals surface area contributed by atoms with Gasteiger partial charge in [-0.3, -0.25) is 14.4 Å². The summed E-state index contributed by atoms with van der Waals surface area (Å²) >= 11 is 0. The summed E-state index contributed by atoms with van der Waals surface area (Å²) in [6, 6.07) is 15.4. The second-order valence-electron chi connectivity index (χ2n) is 7.17. The van der Waals surface area contributed by atoms with Gasteiger partial charge in [-0.15, -0.1) is 0 Å². The first-order valence-electron chi connectivity index (χ1n) is 9.90. The monoisotopic (exact) mass is 433 g/mol. The van der Waals surface area contributed by atoms with Crippen LogP contribution < -0.4 is 10.6 Å². The minimum atomic E-state index is -0.747. The molecule has 0 bridgehead atoms. The molecule has 0 aliphatic rings. The second-order valence-corrected chi connectivity index (χ2v) is 7.17. The number of hydrogen-bond acceptors (Lipinski definition) is 5. The van der Waals surface area contributed by atoms with E-state index in [2.05, 4.69) is 15.6 Å². The third-order valence-corrected chi connectivity index (χ3v) is 4.81. The van der Waals surface area contributed by atoms with Crippen molar-refractivity contribution in [2.75, 3.05) is 17.2 Å². The van der Waals surface area contributed by atoms with E-state index < -0.39 is 24.4 Å². The summed E-state index contributed by atoms with van der Waals surface area (Å²) in [6.07, 6.45) is 0. The number of rotatable bonds is 7. The standard InChI is InChI=1S/C24H23N3O5/c1-14-21(16(3)28)15(2)25-22(14)24(31)32-13-20(29)27-19-12-8-7-11-18(19)23(30)26-17-9-5-4-6-10-17/h4-12,25H,13H2,1-3H3,(H,26,30)(H,27,29). The summed E-state index contributed by atoms with van der Waals surface area (Å²) in [5.41, 5.74) is 2.76. The molecule has 0 radical (unpaired) electrons. The summed E-state index contributed by atoms with van der Waals surface area (Å²) in [4.78, 5) is 51.9. The Kier molecular flexibility index (Phi) is 6.84. The number of carbonyl (C=O) groups is 4. The molecule has 164 valence electrons. The van der Waals surface area contributed by atoms with Crippen LogP contribution in [0.25, 0.3) is 0 Å². The first-order chi connectivity index (χ1) is 15.3. The molecule has 2 amide bonds. The van der Waals surface area contributed by atoms with Gasteiger partial charge in [0.2, 0.25) is 0 Å². The van der Waals surface area contributed by atoms with E-state index in [1.807, 2.05) is 6.07 Å². The number of aryl methyl sites for hydroxylation is 1. The quantitative estimate of drug-likeness (QED) is 0.386. The summed E-state index contributed by atoms with van der Waals surface area (Å²) in [5, 5.41) is 5.35. The van der Waals surface area contributed by atoms with Crippen molar-refractivity contribution in [3.63, 3.8) is 0 Å². The number of anilines is 2. The number of aromatic amines is 1. The van der Waals surface area contributed by atoms with Crippen molar-refractivity contribution in [1.29, 1.82) is 0 Å². The molecular formula is C24H23N3O5. The van der Waals surface area contributed by atoms with E-state index >= 15 is 0 Å². The molecule has 2 aromatic carbocycles. The summed E-state index contributed by atoms with van der Waals surface area (Å²) in [5.74, 6) is -1.91. The molecule has 0 aliphatic carbocycles. The predicted molar refractivity (Wildman–Crippen MR) is 120 cm³/mol. The van der Waals surface area contributed by atoms with Crippen LogP contribution in [-0.4, -0.2) is 35.2 Å². The normalized spacial score (nSPS) is 10.3. The Hall–Kier alpha value is -4.20. The zero-order valence-corrected chi connectivity index (χ0v) is 17.9. The smallest absolute Gasteiger partial charge is 0.355 e. The molecule has 0 spiro atoms. The van der Waals surface area contributed by atoms with E-state index in [0.717, 1.165) is 0 Å². The van der Waals surface area contributed by atoms with Gasteiger partial charge in [0.15, 0.2) is 12.4 Å². The van der Waals surface area contributed by atoms with E-state index in [1.54, 1.807) is 62.4 Å². The average molecular weight is 433 g/mol. The molecular weight excluding hydrogens is 410 g/mol. The van der Waals surface area contributed by atoms with Crippen molar-refractivity contribution >= 4 is 34.9 Å². The van der Waals surface area contributed by atoms with E-state index in [9.17, 15) is 19.2 Å². The number of ketones is 1. The lowest BCUT2D eigenvalue weighted by molar-refractivity contribution is -0.119. The van der Waals surface area contributed by atoms with Crippen LogP contribution in [0.1, 0.15) is 49.4 Å². The third-order valence-electron chi connectivity index (χ3n) is 4.81. The van der Waals surface area contributed by atoms with Gasteiger partial charge in [-0.1, -0.05) is 30.3 Å². The van der Waals surface area contributed by atoms with E-state index in [1.165, 1.54) is 6.92 Å². The molecule has 3 N–H and O–H groups in total. The average Bonchev–Trinajstić information content (AvgIpc) is 3.07. The molecule has 3 aromatic rings. The number of H-pyrrole nitrogens is 1. The highest BCUT2D eigenvalue weighted by Gasteiger charge is 2.22. The number of Topliss-reactive ketones (excluding diaryl/α,β-unsaturated/α-hetero) is 1. The first kappa shape index (κ1) is 22.5. The lowest BCUT2D eigenvalue weighted by Gasteiger charge is -2.12. The number of amides is 2. The molecule has 0 saturated heterocycles. The fourth-order valence-corrected chi connectivity index (χ4v) is 3.38. The van der Waals surface area contributed by atoms with Crippen LogP contribution in [0.5, 0.6) is 0 Å². The first-order valence-corrected chi connectivity index (χ1v) is 9.90.